The van der Waals surface area contributed by atoms with Gasteiger partial charge in [0.2, 0.25) is 0 Å². The van der Waals surface area contributed by atoms with Gasteiger partial charge in [-0.15, -0.1) is 0 Å². The fraction of sp³-hybridized carbons (Fsp3) is 0.417. The number of benzene rings is 1. The first-order valence-corrected chi connectivity index (χ1v) is 6.25. The lowest BCUT2D eigenvalue weighted by Gasteiger charge is -2.01. The molecule has 0 heterocycles. The molecule has 0 fully saturated rings. The zero-order valence-corrected chi connectivity index (χ0v) is 9.72. The lowest BCUT2D eigenvalue weighted by molar-refractivity contribution is -0.115. The molecule has 15 heavy (non-hydrogen) atoms. The van der Waals surface area contributed by atoms with Crippen molar-refractivity contribution < 1.29 is 9.90 Å². The van der Waals surface area contributed by atoms with Gasteiger partial charge in [-0.1, -0.05) is 19.1 Å². The summed E-state index contributed by atoms with van der Waals surface area (Å²) in [6.07, 6.45) is 1.52. The predicted octanol–water partition coefficient (Wildman–Crippen LogP) is 2.65. The van der Waals surface area contributed by atoms with Gasteiger partial charge in [0.25, 0.3) is 0 Å². The highest BCUT2D eigenvalue weighted by Crippen LogP contribution is 2.12. The number of Topliss-reactive ketones (excluding diaryl/α,β-unsaturated/α-hetero) is 1. The number of rotatable bonds is 6. The third kappa shape index (κ3) is 4.88. The molecule has 0 unspecified atom stereocenters. The molecule has 0 saturated heterocycles. The van der Waals surface area contributed by atoms with E-state index in [2.05, 4.69) is 6.92 Å². The Labute approximate surface area is 94.7 Å². The van der Waals surface area contributed by atoms with Gasteiger partial charge in [0.15, 0.2) is 0 Å². The first kappa shape index (κ1) is 12.1. The van der Waals surface area contributed by atoms with Crippen molar-refractivity contribution in [3.63, 3.8) is 0 Å². The number of hydrogen-bond acceptors (Lipinski definition) is 3. The maximum absolute atomic E-state index is 11.5. The second-order valence-corrected chi connectivity index (χ2v) is 4.54. The first-order chi connectivity index (χ1) is 7.22. The van der Waals surface area contributed by atoms with Gasteiger partial charge in [-0.3, -0.25) is 4.79 Å². The highest BCUT2D eigenvalue weighted by Gasteiger charge is 2.03. The number of phenols is 1. The Kier molecular flexibility index (Phi) is 5.26. The molecule has 1 N–H and O–H groups in total. The fourth-order valence-electron chi connectivity index (χ4n) is 1.28. The van der Waals surface area contributed by atoms with Crippen molar-refractivity contribution in [1.82, 2.24) is 0 Å². The minimum atomic E-state index is 0.221. The second kappa shape index (κ2) is 6.51. The quantitative estimate of drug-likeness (QED) is 0.755. The predicted molar refractivity (Wildman–Crippen MR) is 64.4 cm³/mol. The lowest BCUT2D eigenvalue weighted by atomic mass is 10.1. The van der Waals surface area contributed by atoms with E-state index in [1.165, 1.54) is 0 Å². The summed E-state index contributed by atoms with van der Waals surface area (Å²) in [7, 11) is 0. The van der Waals surface area contributed by atoms with E-state index in [0.29, 0.717) is 12.2 Å². The Bertz CT molecular complexity index is 323. The Morgan fingerprint density at radius 1 is 1.47 bits per heavy atom. The number of phenolic OH excluding ortho intramolecular Hbond substituents is 1. The molecule has 0 radical (unpaired) electrons. The maximum Gasteiger partial charge on any atom is 0.147 e. The molecule has 0 aliphatic heterocycles. The molecule has 0 bridgehead atoms. The third-order valence-electron chi connectivity index (χ3n) is 1.92. The van der Waals surface area contributed by atoms with Crippen molar-refractivity contribution in [3.05, 3.63) is 29.8 Å². The smallest absolute Gasteiger partial charge is 0.147 e. The molecule has 0 aliphatic rings. The van der Waals surface area contributed by atoms with Crippen LogP contribution in [0.15, 0.2) is 24.3 Å². The fourth-order valence-corrected chi connectivity index (χ4v) is 2.04. The molecular weight excluding hydrogens is 208 g/mol. The number of carbonyl (C=O) groups excluding carboxylic acids is 1. The average molecular weight is 224 g/mol. The van der Waals surface area contributed by atoms with Crippen molar-refractivity contribution >= 4 is 17.5 Å². The number of carbonyl (C=O) groups is 1. The SMILES string of the molecule is CCCSCC(=O)Cc1cccc(O)c1. The molecule has 3 heteroatoms. The van der Waals surface area contributed by atoms with Crippen LogP contribution in [0.25, 0.3) is 0 Å². The van der Waals surface area contributed by atoms with Crippen molar-refractivity contribution in [1.29, 1.82) is 0 Å². The largest absolute Gasteiger partial charge is 0.508 e. The van der Waals surface area contributed by atoms with Crippen LogP contribution in [-0.4, -0.2) is 22.4 Å². The molecule has 0 saturated carbocycles. The Hall–Kier alpha value is -0.960. The van der Waals surface area contributed by atoms with Crippen LogP contribution < -0.4 is 0 Å². The van der Waals surface area contributed by atoms with Crippen LogP contribution in [0.5, 0.6) is 5.75 Å². The minimum absolute atomic E-state index is 0.221. The normalized spacial score (nSPS) is 10.2. The molecule has 0 atom stereocenters. The summed E-state index contributed by atoms with van der Waals surface area (Å²) in [5, 5.41) is 9.22. The van der Waals surface area contributed by atoms with Gasteiger partial charge >= 0.3 is 0 Å². The van der Waals surface area contributed by atoms with Crippen LogP contribution in [0.2, 0.25) is 0 Å². The van der Waals surface area contributed by atoms with E-state index in [-0.39, 0.29) is 11.5 Å². The number of aromatic hydroxyl groups is 1. The molecule has 2 nitrogen and oxygen atoms in total. The number of thioether (sulfide) groups is 1. The topological polar surface area (TPSA) is 37.3 Å². The van der Waals surface area contributed by atoms with Gasteiger partial charge in [-0.2, -0.15) is 11.8 Å². The lowest BCUT2D eigenvalue weighted by Crippen LogP contribution is -2.05. The van der Waals surface area contributed by atoms with E-state index in [9.17, 15) is 9.90 Å². The summed E-state index contributed by atoms with van der Waals surface area (Å²) < 4.78 is 0. The van der Waals surface area contributed by atoms with Crippen LogP contribution in [0.3, 0.4) is 0 Å². The van der Waals surface area contributed by atoms with E-state index in [1.807, 2.05) is 6.07 Å². The van der Waals surface area contributed by atoms with Gasteiger partial charge in [0.1, 0.15) is 11.5 Å². The number of ketones is 1. The summed E-state index contributed by atoms with van der Waals surface area (Å²) in [5.74, 6) is 2.05. The molecule has 0 spiro atoms. The summed E-state index contributed by atoms with van der Waals surface area (Å²) in [6, 6.07) is 6.88. The van der Waals surface area contributed by atoms with Crippen LogP contribution in [0.4, 0.5) is 0 Å². The average Bonchev–Trinajstić information content (AvgIpc) is 2.18. The Morgan fingerprint density at radius 3 is 2.93 bits per heavy atom. The van der Waals surface area contributed by atoms with Gasteiger partial charge < -0.3 is 5.11 Å². The summed E-state index contributed by atoms with van der Waals surface area (Å²) in [5.41, 5.74) is 0.886. The van der Waals surface area contributed by atoms with E-state index >= 15 is 0 Å². The minimum Gasteiger partial charge on any atom is -0.508 e. The Balaban J connectivity index is 2.37. The summed E-state index contributed by atoms with van der Waals surface area (Å²) >= 11 is 1.67. The second-order valence-electron chi connectivity index (χ2n) is 3.44. The van der Waals surface area contributed by atoms with E-state index in [4.69, 9.17) is 0 Å². The van der Waals surface area contributed by atoms with E-state index in [0.717, 1.165) is 17.7 Å². The van der Waals surface area contributed by atoms with Gasteiger partial charge in [-0.25, -0.2) is 0 Å². The van der Waals surface area contributed by atoms with Crippen LogP contribution in [0, 0.1) is 0 Å². The zero-order chi connectivity index (χ0) is 11.1. The van der Waals surface area contributed by atoms with Crippen LogP contribution in [-0.2, 0) is 11.2 Å². The van der Waals surface area contributed by atoms with Crippen LogP contribution in [0.1, 0.15) is 18.9 Å². The zero-order valence-electron chi connectivity index (χ0n) is 8.90. The summed E-state index contributed by atoms with van der Waals surface area (Å²) in [4.78, 5) is 11.5. The molecule has 1 rings (SSSR count). The molecular formula is C12H16O2S. The summed E-state index contributed by atoms with van der Waals surface area (Å²) in [6.45, 7) is 2.10. The van der Waals surface area contributed by atoms with E-state index in [1.54, 1.807) is 30.0 Å². The third-order valence-corrected chi connectivity index (χ3v) is 3.15. The monoisotopic (exact) mass is 224 g/mol. The number of hydrogen-bond donors (Lipinski definition) is 1. The molecule has 1 aromatic carbocycles. The van der Waals surface area contributed by atoms with Gasteiger partial charge in [0.05, 0.1) is 5.75 Å². The van der Waals surface area contributed by atoms with Crippen molar-refractivity contribution in [2.75, 3.05) is 11.5 Å². The molecule has 0 amide bonds. The van der Waals surface area contributed by atoms with Crippen molar-refractivity contribution in [2.45, 2.75) is 19.8 Å². The highest BCUT2D eigenvalue weighted by molar-refractivity contribution is 7.99. The van der Waals surface area contributed by atoms with Crippen molar-refractivity contribution in [3.8, 4) is 5.75 Å². The van der Waals surface area contributed by atoms with Crippen molar-refractivity contribution in [2.24, 2.45) is 0 Å². The van der Waals surface area contributed by atoms with Crippen LogP contribution >= 0.6 is 11.8 Å². The molecule has 82 valence electrons. The first-order valence-electron chi connectivity index (χ1n) is 5.09. The van der Waals surface area contributed by atoms with Gasteiger partial charge in [0, 0.05) is 6.42 Å². The highest BCUT2D eigenvalue weighted by atomic mass is 32.2. The maximum atomic E-state index is 11.5. The molecule has 1 aromatic rings. The van der Waals surface area contributed by atoms with Gasteiger partial charge in [-0.05, 0) is 29.9 Å². The molecule has 0 aromatic heterocycles. The van der Waals surface area contributed by atoms with E-state index < -0.39 is 0 Å². The standard InChI is InChI=1S/C12H16O2S/c1-2-6-15-9-12(14)8-10-4-3-5-11(13)7-10/h3-5,7,13H,2,6,8-9H2,1H3. The Morgan fingerprint density at radius 2 is 2.27 bits per heavy atom. The molecule has 0 aliphatic carbocycles.